The van der Waals surface area contributed by atoms with Gasteiger partial charge in [0.1, 0.15) is 0 Å². The normalized spacial score (nSPS) is 15.6. The van der Waals surface area contributed by atoms with Crippen molar-refractivity contribution < 1.29 is 4.79 Å². The molecule has 4 nitrogen and oxygen atoms in total. The molecule has 0 aliphatic carbocycles. The molecule has 2 rings (SSSR count). The molecule has 0 aromatic heterocycles. The first-order valence-corrected chi connectivity index (χ1v) is 6.41. The smallest absolute Gasteiger partial charge is 0.238 e. The van der Waals surface area contributed by atoms with E-state index in [1.54, 1.807) is 6.07 Å². The lowest BCUT2D eigenvalue weighted by molar-refractivity contribution is -0.117. The van der Waals surface area contributed by atoms with Gasteiger partial charge in [-0.2, -0.15) is 0 Å². The van der Waals surface area contributed by atoms with Crippen LogP contribution < -0.4 is 10.6 Å². The number of anilines is 1. The van der Waals surface area contributed by atoms with Gasteiger partial charge in [0, 0.05) is 29.8 Å². The van der Waals surface area contributed by atoms with E-state index < -0.39 is 0 Å². The summed E-state index contributed by atoms with van der Waals surface area (Å²) in [6, 6.07) is 5.96. The molecule has 2 N–H and O–H groups in total. The van der Waals surface area contributed by atoms with Crippen LogP contribution in [0.15, 0.2) is 18.2 Å². The van der Waals surface area contributed by atoms with Crippen molar-refractivity contribution in [1.29, 1.82) is 0 Å². The second kappa shape index (κ2) is 5.69. The number of carbonyl (C=O) groups excluding carboxylic acids is 1. The average molecular weight is 268 g/mol. The lowest BCUT2D eigenvalue weighted by Crippen LogP contribution is -2.57. The molecule has 98 valence electrons. The number of aryl methyl sites for hydroxylation is 1. The summed E-state index contributed by atoms with van der Waals surface area (Å²) in [6.07, 6.45) is 0. The Morgan fingerprint density at radius 2 is 2.28 bits per heavy atom. The minimum Gasteiger partial charge on any atom is -0.325 e. The summed E-state index contributed by atoms with van der Waals surface area (Å²) in [6.45, 7) is 4.27. The second-order valence-corrected chi connectivity index (χ2v) is 5.17. The minimum absolute atomic E-state index is 0.00485. The van der Waals surface area contributed by atoms with Gasteiger partial charge in [-0.15, -0.1) is 0 Å². The molecule has 1 amide bonds. The number of halogens is 1. The molecule has 18 heavy (non-hydrogen) atoms. The molecule has 0 atom stereocenters. The number of rotatable bonds is 4. The Balaban J connectivity index is 1.91. The van der Waals surface area contributed by atoms with Crippen LogP contribution in [0, 0.1) is 6.92 Å². The predicted molar refractivity (Wildman–Crippen MR) is 74.1 cm³/mol. The highest BCUT2D eigenvalue weighted by Gasteiger charge is 2.22. The summed E-state index contributed by atoms with van der Waals surface area (Å²) in [5.41, 5.74) is 1.80. The van der Waals surface area contributed by atoms with E-state index >= 15 is 0 Å². The van der Waals surface area contributed by atoms with Gasteiger partial charge in [0.2, 0.25) is 5.91 Å². The molecule has 1 heterocycles. The molecule has 1 aromatic carbocycles. The molecule has 1 aromatic rings. The van der Waals surface area contributed by atoms with Gasteiger partial charge in [-0.1, -0.05) is 17.7 Å². The Bertz CT molecular complexity index is 446. The van der Waals surface area contributed by atoms with Crippen LogP contribution in [0.4, 0.5) is 5.69 Å². The van der Waals surface area contributed by atoms with E-state index in [1.165, 1.54) is 0 Å². The van der Waals surface area contributed by atoms with Crippen LogP contribution in [0.2, 0.25) is 5.02 Å². The number of nitrogens with zero attached hydrogens (tertiary/aromatic N) is 1. The van der Waals surface area contributed by atoms with Crippen LogP contribution >= 0.6 is 11.6 Å². The van der Waals surface area contributed by atoms with Gasteiger partial charge in [0.25, 0.3) is 0 Å². The van der Waals surface area contributed by atoms with E-state index in [2.05, 4.69) is 15.5 Å². The zero-order chi connectivity index (χ0) is 13.1. The standard InChI is InChI=1S/C13H18ClN3O/c1-9-3-4-10(14)5-12(9)16-13(18)8-17(2)11-6-15-7-11/h3-5,11,15H,6-8H2,1-2H3,(H,16,18). The lowest BCUT2D eigenvalue weighted by atomic mass is 10.1. The SMILES string of the molecule is Cc1ccc(Cl)cc1NC(=O)CN(C)C1CNC1. The summed E-state index contributed by atoms with van der Waals surface area (Å²) < 4.78 is 0. The first-order chi connectivity index (χ1) is 8.56. The fraction of sp³-hybridized carbons (Fsp3) is 0.462. The van der Waals surface area contributed by atoms with Crippen LogP contribution in [-0.4, -0.2) is 43.5 Å². The highest BCUT2D eigenvalue weighted by Crippen LogP contribution is 2.20. The maximum atomic E-state index is 11.9. The molecule has 0 unspecified atom stereocenters. The van der Waals surface area contributed by atoms with Crippen molar-refractivity contribution in [3.8, 4) is 0 Å². The number of amides is 1. The molecule has 1 aliphatic rings. The summed E-state index contributed by atoms with van der Waals surface area (Å²) in [5, 5.41) is 6.72. The molecule has 5 heteroatoms. The van der Waals surface area contributed by atoms with Gasteiger partial charge in [0.15, 0.2) is 0 Å². The Morgan fingerprint density at radius 3 is 2.89 bits per heavy atom. The van der Waals surface area contributed by atoms with Gasteiger partial charge in [-0.25, -0.2) is 0 Å². The van der Waals surface area contributed by atoms with E-state index in [0.29, 0.717) is 17.6 Å². The number of benzene rings is 1. The Labute approximate surface area is 112 Å². The van der Waals surface area contributed by atoms with Gasteiger partial charge in [0.05, 0.1) is 6.54 Å². The Morgan fingerprint density at radius 1 is 1.56 bits per heavy atom. The number of hydrogen-bond acceptors (Lipinski definition) is 3. The maximum Gasteiger partial charge on any atom is 0.238 e. The molecular weight excluding hydrogens is 250 g/mol. The third kappa shape index (κ3) is 3.22. The zero-order valence-corrected chi connectivity index (χ0v) is 11.4. The number of nitrogens with one attached hydrogen (secondary N) is 2. The van der Waals surface area contributed by atoms with Crippen molar-refractivity contribution >= 4 is 23.2 Å². The molecule has 1 saturated heterocycles. The molecule has 0 bridgehead atoms. The van der Waals surface area contributed by atoms with Gasteiger partial charge in [-0.3, -0.25) is 9.69 Å². The van der Waals surface area contributed by atoms with Gasteiger partial charge >= 0.3 is 0 Å². The van der Waals surface area contributed by atoms with Crippen molar-refractivity contribution in [1.82, 2.24) is 10.2 Å². The number of likely N-dealkylation sites (N-methyl/N-ethyl adjacent to an activating group) is 1. The summed E-state index contributed by atoms with van der Waals surface area (Å²) in [5.74, 6) is -0.00485. The summed E-state index contributed by atoms with van der Waals surface area (Å²) >= 11 is 5.92. The summed E-state index contributed by atoms with van der Waals surface area (Å²) in [4.78, 5) is 14.0. The topological polar surface area (TPSA) is 44.4 Å². The van der Waals surface area contributed by atoms with E-state index in [-0.39, 0.29) is 5.91 Å². The van der Waals surface area contributed by atoms with Gasteiger partial charge < -0.3 is 10.6 Å². The number of carbonyl (C=O) groups is 1. The predicted octanol–water partition coefficient (Wildman–Crippen LogP) is 1.49. The van der Waals surface area contributed by atoms with Crippen LogP contribution in [0.25, 0.3) is 0 Å². The number of hydrogen-bond donors (Lipinski definition) is 2. The minimum atomic E-state index is -0.00485. The molecular formula is C13H18ClN3O. The molecule has 1 fully saturated rings. The maximum absolute atomic E-state index is 11.9. The first kappa shape index (κ1) is 13.3. The monoisotopic (exact) mass is 267 g/mol. The molecule has 0 spiro atoms. The van der Waals surface area contributed by atoms with Crippen LogP contribution in [0.3, 0.4) is 0 Å². The van der Waals surface area contributed by atoms with Crippen LogP contribution in [0.5, 0.6) is 0 Å². The highest BCUT2D eigenvalue weighted by molar-refractivity contribution is 6.31. The van der Waals surface area contributed by atoms with E-state index in [9.17, 15) is 4.79 Å². The Kier molecular flexibility index (Phi) is 4.22. The van der Waals surface area contributed by atoms with E-state index in [0.717, 1.165) is 24.3 Å². The second-order valence-electron chi connectivity index (χ2n) is 4.73. The fourth-order valence-corrected chi connectivity index (χ4v) is 2.03. The third-order valence-electron chi connectivity index (χ3n) is 3.25. The van der Waals surface area contributed by atoms with Crippen LogP contribution in [0.1, 0.15) is 5.56 Å². The lowest BCUT2D eigenvalue weighted by Gasteiger charge is -2.35. The van der Waals surface area contributed by atoms with Crippen molar-refractivity contribution in [3.63, 3.8) is 0 Å². The zero-order valence-electron chi connectivity index (χ0n) is 10.7. The Hall–Kier alpha value is -1.10. The van der Waals surface area contributed by atoms with Crippen molar-refractivity contribution in [2.45, 2.75) is 13.0 Å². The average Bonchev–Trinajstić information content (AvgIpc) is 2.20. The fourth-order valence-electron chi connectivity index (χ4n) is 1.86. The first-order valence-electron chi connectivity index (χ1n) is 6.03. The van der Waals surface area contributed by atoms with Gasteiger partial charge in [-0.05, 0) is 31.7 Å². The van der Waals surface area contributed by atoms with Crippen molar-refractivity contribution in [3.05, 3.63) is 28.8 Å². The molecule has 0 radical (unpaired) electrons. The molecule has 1 aliphatic heterocycles. The quantitative estimate of drug-likeness (QED) is 0.869. The highest BCUT2D eigenvalue weighted by atomic mass is 35.5. The third-order valence-corrected chi connectivity index (χ3v) is 3.49. The van der Waals surface area contributed by atoms with Crippen molar-refractivity contribution in [2.75, 3.05) is 32.0 Å². The van der Waals surface area contributed by atoms with Crippen LogP contribution in [-0.2, 0) is 4.79 Å². The van der Waals surface area contributed by atoms with Crippen molar-refractivity contribution in [2.24, 2.45) is 0 Å². The largest absolute Gasteiger partial charge is 0.325 e. The molecule has 0 saturated carbocycles. The van der Waals surface area contributed by atoms with E-state index in [4.69, 9.17) is 11.6 Å². The van der Waals surface area contributed by atoms with E-state index in [1.807, 2.05) is 26.1 Å². The summed E-state index contributed by atoms with van der Waals surface area (Å²) in [7, 11) is 1.97.